The first-order valence-electron chi connectivity index (χ1n) is 4.65. The Morgan fingerprint density at radius 1 is 1.36 bits per heavy atom. The van der Waals surface area contributed by atoms with Crippen molar-refractivity contribution in [2.45, 2.75) is 24.5 Å². The van der Waals surface area contributed by atoms with Crippen LogP contribution in [0.4, 0.5) is 4.39 Å². The summed E-state index contributed by atoms with van der Waals surface area (Å²) in [4.78, 5) is 0. The smallest absolute Gasteiger partial charge is 0.123 e. The Hall–Kier alpha value is -0.930. The Morgan fingerprint density at radius 2 is 1.93 bits per heavy atom. The molecule has 0 atom stereocenters. The monoisotopic (exact) mass is 196 g/mol. The predicted octanol–water partition coefficient (Wildman–Crippen LogP) is 1.82. The summed E-state index contributed by atoms with van der Waals surface area (Å²) in [5.41, 5.74) is -0.0406. The van der Waals surface area contributed by atoms with E-state index in [0.29, 0.717) is 12.8 Å². The number of benzene rings is 1. The van der Waals surface area contributed by atoms with E-state index in [0.717, 1.165) is 5.56 Å². The minimum atomic E-state index is -0.811. The van der Waals surface area contributed by atoms with Gasteiger partial charge < -0.3 is 9.84 Å². The zero-order valence-electron chi connectivity index (χ0n) is 8.03. The highest BCUT2D eigenvalue weighted by Gasteiger charge is 2.44. The normalized spacial score (nSPS) is 31.2. The van der Waals surface area contributed by atoms with Gasteiger partial charge in [-0.05, 0) is 17.7 Å². The highest BCUT2D eigenvalue weighted by molar-refractivity contribution is 5.26. The summed E-state index contributed by atoms with van der Waals surface area (Å²) in [5, 5.41) is 10.1. The maximum absolute atomic E-state index is 12.6. The molecule has 14 heavy (non-hydrogen) atoms. The van der Waals surface area contributed by atoms with Crippen molar-refractivity contribution in [3.8, 4) is 0 Å². The van der Waals surface area contributed by atoms with Crippen molar-refractivity contribution in [2.75, 3.05) is 7.11 Å². The maximum Gasteiger partial charge on any atom is 0.123 e. The third-order valence-electron chi connectivity index (χ3n) is 2.85. The molecule has 0 unspecified atom stereocenters. The van der Waals surface area contributed by atoms with Gasteiger partial charge in [0, 0.05) is 20.0 Å². The highest BCUT2D eigenvalue weighted by Crippen LogP contribution is 2.42. The number of halogens is 1. The molecule has 76 valence electrons. The fraction of sp³-hybridized carbons (Fsp3) is 0.455. The fourth-order valence-corrected chi connectivity index (χ4v) is 1.86. The summed E-state index contributed by atoms with van der Waals surface area (Å²) in [5.74, 6) is -0.278. The molecule has 1 aromatic carbocycles. The van der Waals surface area contributed by atoms with Crippen molar-refractivity contribution in [3.05, 3.63) is 35.6 Å². The molecule has 1 aliphatic carbocycles. The first-order chi connectivity index (χ1) is 6.64. The second-order valence-corrected chi connectivity index (χ2v) is 3.80. The van der Waals surface area contributed by atoms with E-state index in [9.17, 15) is 9.50 Å². The molecule has 1 aliphatic rings. The van der Waals surface area contributed by atoms with Gasteiger partial charge in [-0.25, -0.2) is 4.39 Å². The van der Waals surface area contributed by atoms with E-state index >= 15 is 0 Å². The minimum absolute atomic E-state index is 0.130. The minimum Gasteiger partial charge on any atom is -0.385 e. The number of methoxy groups -OCH3 is 1. The van der Waals surface area contributed by atoms with E-state index in [1.165, 1.54) is 12.1 Å². The van der Waals surface area contributed by atoms with E-state index in [-0.39, 0.29) is 11.9 Å². The number of aliphatic hydroxyl groups is 1. The van der Waals surface area contributed by atoms with Crippen molar-refractivity contribution in [3.63, 3.8) is 0 Å². The summed E-state index contributed by atoms with van der Waals surface area (Å²) >= 11 is 0. The molecule has 0 bridgehead atoms. The van der Waals surface area contributed by atoms with Crippen LogP contribution in [0.15, 0.2) is 24.3 Å². The lowest BCUT2D eigenvalue weighted by atomic mass is 9.73. The van der Waals surface area contributed by atoms with Gasteiger partial charge in [0.2, 0.25) is 0 Å². The first kappa shape index (κ1) is 9.62. The zero-order valence-corrected chi connectivity index (χ0v) is 8.03. The van der Waals surface area contributed by atoms with Crippen LogP contribution < -0.4 is 0 Å². The third-order valence-corrected chi connectivity index (χ3v) is 2.85. The number of rotatable bonds is 2. The van der Waals surface area contributed by atoms with Crippen molar-refractivity contribution in [1.29, 1.82) is 0 Å². The molecule has 2 nitrogen and oxygen atoms in total. The molecule has 0 saturated heterocycles. The van der Waals surface area contributed by atoms with E-state index < -0.39 is 5.60 Å². The lowest BCUT2D eigenvalue weighted by molar-refractivity contribution is -0.133. The molecule has 2 rings (SSSR count). The van der Waals surface area contributed by atoms with Gasteiger partial charge in [-0.2, -0.15) is 0 Å². The van der Waals surface area contributed by atoms with Crippen LogP contribution in [-0.2, 0) is 10.3 Å². The molecular weight excluding hydrogens is 183 g/mol. The number of ether oxygens (including phenoxy) is 1. The SMILES string of the molecule is COC1CC(O)(c2ccc(F)cc2)C1. The number of hydrogen-bond donors (Lipinski definition) is 1. The van der Waals surface area contributed by atoms with Crippen LogP contribution in [0.3, 0.4) is 0 Å². The maximum atomic E-state index is 12.6. The van der Waals surface area contributed by atoms with Crippen LogP contribution in [-0.4, -0.2) is 18.3 Å². The van der Waals surface area contributed by atoms with Gasteiger partial charge in [0.15, 0.2) is 0 Å². The third kappa shape index (κ3) is 1.53. The predicted molar refractivity (Wildman–Crippen MR) is 50.3 cm³/mol. The Balaban J connectivity index is 2.13. The summed E-state index contributed by atoms with van der Waals surface area (Å²) in [6.45, 7) is 0. The van der Waals surface area contributed by atoms with Crippen LogP contribution >= 0.6 is 0 Å². The molecule has 1 N–H and O–H groups in total. The van der Waals surface area contributed by atoms with Crippen molar-refractivity contribution in [1.82, 2.24) is 0 Å². The Bertz CT molecular complexity index is 315. The molecule has 1 fully saturated rings. The van der Waals surface area contributed by atoms with Crippen molar-refractivity contribution >= 4 is 0 Å². The van der Waals surface area contributed by atoms with E-state index in [2.05, 4.69) is 0 Å². The van der Waals surface area contributed by atoms with E-state index in [1.807, 2.05) is 0 Å². The van der Waals surface area contributed by atoms with Gasteiger partial charge >= 0.3 is 0 Å². The molecule has 1 aromatic rings. The summed E-state index contributed by atoms with van der Waals surface area (Å²) in [6.07, 6.45) is 1.31. The molecule has 0 amide bonds. The van der Waals surface area contributed by atoms with Crippen molar-refractivity contribution in [2.24, 2.45) is 0 Å². The van der Waals surface area contributed by atoms with Gasteiger partial charge in [-0.3, -0.25) is 0 Å². The average Bonchev–Trinajstić information content (AvgIpc) is 2.14. The highest BCUT2D eigenvalue weighted by atomic mass is 19.1. The van der Waals surface area contributed by atoms with Crippen LogP contribution in [0.5, 0.6) is 0 Å². The van der Waals surface area contributed by atoms with E-state index in [4.69, 9.17) is 4.74 Å². The van der Waals surface area contributed by atoms with Crippen LogP contribution in [0.25, 0.3) is 0 Å². The molecule has 0 radical (unpaired) electrons. The Labute approximate surface area is 82.3 Å². The summed E-state index contributed by atoms with van der Waals surface area (Å²) < 4.78 is 17.7. The quantitative estimate of drug-likeness (QED) is 0.781. The molecule has 0 aromatic heterocycles. The molecule has 0 aliphatic heterocycles. The Kier molecular flexibility index (Phi) is 2.29. The molecule has 1 saturated carbocycles. The zero-order chi connectivity index (χ0) is 10.2. The molecular formula is C11H13FO2. The largest absolute Gasteiger partial charge is 0.385 e. The molecule has 3 heteroatoms. The molecule has 0 spiro atoms. The van der Waals surface area contributed by atoms with Crippen LogP contribution in [0.2, 0.25) is 0 Å². The second-order valence-electron chi connectivity index (χ2n) is 3.80. The average molecular weight is 196 g/mol. The van der Waals surface area contributed by atoms with Gasteiger partial charge in [0.25, 0.3) is 0 Å². The summed E-state index contributed by atoms with van der Waals surface area (Å²) in [6, 6.07) is 5.99. The topological polar surface area (TPSA) is 29.5 Å². The standard InChI is InChI=1S/C11H13FO2/c1-14-10-6-11(13,7-10)8-2-4-9(12)5-3-8/h2-5,10,13H,6-7H2,1H3. The first-order valence-corrected chi connectivity index (χ1v) is 4.65. The van der Waals surface area contributed by atoms with Gasteiger partial charge in [-0.15, -0.1) is 0 Å². The van der Waals surface area contributed by atoms with Crippen LogP contribution in [0, 0.1) is 5.82 Å². The molecule has 0 heterocycles. The fourth-order valence-electron chi connectivity index (χ4n) is 1.86. The van der Waals surface area contributed by atoms with Gasteiger partial charge in [0.05, 0.1) is 11.7 Å². The lowest BCUT2D eigenvalue weighted by Crippen LogP contribution is -2.45. The lowest BCUT2D eigenvalue weighted by Gasteiger charge is -2.43. The number of hydrogen-bond acceptors (Lipinski definition) is 2. The van der Waals surface area contributed by atoms with Crippen molar-refractivity contribution < 1.29 is 14.2 Å². The van der Waals surface area contributed by atoms with Crippen LogP contribution in [0.1, 0.15) is 18.4 Å². The Morgan fingerprint density at radius 3 is 2.43 bits per heavy atom. The summed E-state index contributed by atoms with van der Waals surface area (Å²) in [7, 11) is 1.63. The second kappa shape index (κ2) is 3.33. The van der Waals surface area contributed by atoms with Gasteiger partial charge in [0.1, 0.15) is 5.82 Å². The van der Waals surface area contributed by atoms with Gasteiger partial charge in [-0.1, -0.05) is 12.1 Å². The van der Waals surface area contributed by atoms with E-state index in [1.54, 1.807) is 19.2 Å².